The van der Waals surface area contributed by atoms with Crippen LogP contribution in [0.4, 0.5) is 0 Å². The van der Waals surface area contributed by atoms with E-state index in [9.17, 15) is 4.79 Å². The van der Waals surface area contributed by atoms with Gasteiger partial charge >= 0.3 is 0 Å². The fourth-order valence-electron chi connectivity index (χ4n) is 4.48. The third-order valence-electron chi connectivity index (χ3n) is 5.86. The summed E-state index contributed by atoms with van der Waals surface area (Å²) < 4.78 is 1.88. The largest absolute Gasteiger partial charge is 0.335 e. The number of likely N-dealkylation sites (tertiary alicyclic amines) is 1. The van der Waals surface area contributed by atoms with Crippen molar-refractivity contribution in [3.05, 3.63) is 17.5 Å². The molecule has 2 fully saturated rings. The van der Waals surface area contributed by atoms with Crippen LogP contribution in [-0.4, -0.2) is 83.2 Å². The number of carbonyl (C=O) groups excluding carboxylic acids is 1. The molecule has 2 aliphatic rings. The summed E-state index contributed by atoms with van der Waals surface area (Å²) in [6, 6.07) is 2.01. The number of aryl methyl sites for hydroxylation is 1. The highest BCUT2D eigenvalue weighted by atomic mass is 16.2. The van der Waals surface area contributed by atoms with E-state index in [1.54, 1.807) is 0 Å². The van der Waals surface area contributed by atoms with E-state index < -0.39 is 0 Å². The lowest BCUT2D eigenvalue weighted by Crippen LogP contribution is -2.51. The monoisotopic (exact) mass is 375 g/mol. The molecule has 1 amide bonds. The van der Waals surface area contributed by atoms with Gasteiger partial charge in [-0.05, 0) is 57.7 Å². The molecule has 1 aromatic heterocycles. The highest BCUT2D eigenvalue weighted by Crippen LogP contribution is 2.18. The van der Waals surface area contributed by atoms with Crippen molar-refractivity contribution in [2.45, 2.75) is 46.6 Å². The molecule has 0 radical (unpaired) electrons. The molecular weight excluding hydrogens is 338 g/mol. The summed E-state index contributed by atoms with van der Waals surface area (Å²) in [5.74, 6) is 1.48. The average molecular weight is 376 g/mol. The van der Waals surface area contributed by atoms with Gasteiger partial charge in [0.25, 0.3) is 5.91 Å². The molecule has 0 aromatic carbocycles. The van der Waals surface area contributed by atoms with Gasteiger partial charge in [-0.1, -0.05) is 13.8 Å². The van der Waals surface area contributed by atoms with Gasteiger partial charge in [0.1, 0.15) is 5.69 Å². The van der Waals surface area contributed by atoms with Crippen LogP contribution < -0.4 is 0 Å². The van der Waals surface area contributed by atoms with Crippen molar-refractivity contribution < 1.29 is 4.79 Å². The fourth-order valence-corrected chi connectivity index (χ4v) is 4.48. The molecule has 1 atom stereocenters. The zero-order valence-corrected chi connectivity index (χ0v) is 17.7. The number of nitrogens with zero attached hydrogens (tertiary/aromatic N) is 5. The van der Waals surface area contributed by atoms with Crippen LogP contribution in [0.2, 0.25) is 0 Å². The molecule has 0 spiro atoms. The third kappa shape index (κ3) is 5.32. The highest BCUT2D eigenvalue weighted by molar-refractivity contribution is 5.92. The molecule has 0 N–H and O–H groups in total. The lowest BCUT2D eigenvalue weighted by Gasteiger charge is -2.38. The van der Waals surface area contributed by atoms with Crippen LogP contribution in [0.3, 0.4) is 0 Å². The molecule has 0 unspecified atom stereocenters. The van der Waals surface area contributed by atoms with E-state index in [4.69, 9.17) is 0 Å². The third-order valence-corrected chi connectivity index (χ3v) is 5.86. The van der Waals surface area contributed by atoms with E-state index in [1.807, 2.05) is 15.6 Å². The first-order chi connectivity index (χ1) is 13.0. The molecular formula is C21H37N5O. The number of hydrogen-bond acceptors (Lipinski definition) is 4. The van der Waals surface area contributed by atoms with E-state index in [1.165, 1.54) is 32.5 Å². The Bertz CT molecular complexity index is 618. The second kappa shape index (κ2) is 9.20. The summed E-state index contributed by atoms with van der Waals surface area (Å²) >= 11 is 0. The van der Waals surface area contributed by atoms with Crippen molar-refractivity contribution in [1.82, 2.24) is 24.5 Å². The first-order valence-corrected chi connectivity index (χ1v) is 10.7. The molecule has 2 saturated heterocycles. The Labute approximate surface area is 164 Å². The second-order valence-electron chi connectivity index (χ2n) is 8.80. The zero-order chi connectivity index (χ0) is 19.4. The maximum atomic E-state index is 13.1. The minimum atomic E-state index is 0.149. The first-order valence-electron chi connectivity index (χ1n) is 10.7. The summed E-state index contributed by atoms with van der Waals surface area (Å²) in [5.41, 5.74) is 1.80. The molecule has 6 heteroatoms. The second-order valence-corrected chi connectivity index (χ2v) is 8.80. The smallest absolute Gasteiger partial charge is 0.272 e. The highest BCUT2D eigenvalue weighted by Gasteiger charge is 2.27. The molecule has 3 rings (SSSR count). The molecule has 0 saturated carbocycles. The Balaban J connectivity index is 1.54. The van der Waals surface area contributed by atoms with Crippen LogP contribution in [0.5, 0.6) is 0 Å². The molecule has 152 valence electrons. The number of piperazine rings is 1. The molecule has 27 heavy (non-hydrogen) atoms. The van der Waals surface area contributed by atoms with Crippen molar-refractivity contribution in [2.24, 2.45) is 11.8 Å². The molecule has 6 nitrogen and oxygen atoms in total. The van der Waals surface area contributed by atoms with Gasteiger partial charge in [-0.2, -0.15) is 5.10 Å². The summed E-state index contributed by atoms with van der Waals surface area (Å²) in [6.07, 6.45) is 3.59. The Morgan fingerprint density at radius 3 is 2.59 bits per heavy atom. The fraction of sp³-hybridized carbons (Fsp3) is 0.810. The molecule has 0 bridgehead atoms. The van der Waals surface area contributed by atoms with Gasteiger partial charge in [0.15, 0.2) is 0 Å². The summed E-state index contributed by atoms with van der Waals surface area (Å²) in [5, 5.41) is 4.64. The lowest BCUT2D eigenvalue weighted by molar-refractivity contribution is 0.0577. The van der Waals surface area contributed by atoms with Gasteiger partial charge in [0.2, 0.25) is 0 Å². The van der Waals surface area contributed by atoms with Crippen LogP contribution in [0, 0.1) is 11.8 Å². The van der Waals surface area contributed by atoms with Crippen molar-refractivity contribution in [1.29, 1.82) is 0 Å². The van der Waals surface area contributed by atoms with Crippen LogP contribution in [0.25, 0.3) is 0 Å². The van der Waals surface area contributed by atoms with Crippen molar-refractivity contribution in [2.75, 3.05) is 52.9 Å². The topological polar surface area (TPSA) is 44.6 Å². The maximum absolute atomic E-state index is 13.1. The Hall–Kier alpha value is -1.40. The van der Waals surface area contributed by atoms with Gasteiger partial charge in [-0.25, -0.2) is 0 Å². The first kappa shape index (κ1) is 20.3. The Kier molecular flexibility index (Phi) is 6.93. The van der Waals surface area contributed by atoms with E-state index in [-0.39, 0.29) is 5.91 Å². The number of amides is 1. The number of carbonyl (C=O) groups is 1. The van der Waals surface area contributed by atoms with Crippen LogP contribution in [-0.2, 0) is 13.0 Å². The number of hydrogen-bond donors (Lipinski definition) is 0. The van der Waals surface area contributed by atoms with E-state index in [2.05, 4.69) is 42.7 Å². The summed E-state index contributed by atoms with van der Waals surface area (Å²) in [6.45, 7) is 14.5. The molecule has 0 aliphatic carbocycles. The Morgan fingerprint density at radius 2 is 1.96 bits per heavy atom. The van der Waals surface area contributed by atoms with Crippen LogP contribution in [0.15, 0.2) is 6.07 Å². The lowest BCUT2D eigenvalue weighted by atomic mass is 9.97. The quantitative estimate of drug-likeness (QED) is 0.765. The minimum absolute atomic E-state index is 0.149. The van der Waals surface area contributed by atoms with Gasteiger partial charge in [-0.3, -0.25) is 14.4 Å². The van der Waals surface area contributed by atoms with Crippen LogP contribution >= 0.6 is 0 Å². The van der Waals surface area contributed by atoms with Crippen molar-refractivity contribution in [3.8, 4) is 0 Å². The minimum Gasteiger partial charge on any atom is -0.335 e. The summed E-state index contributed by atoms with van der Waals surface area (Å²) in [7, 11) is 2.23. The van der Waals surface area contributed by atoms with Gasteiger partial charge < -0.3 is 9.80 Å². The predicted octanol–water partition coefficient (Wildman–Crippen LogP) is 2.20. The number of aromatic nitrogens is 2. The normalized spacial score (nSPS) is 22.6. The molecule has 3 heterocycles. The van der Waals surface area contributed by atoms with Gasteiger partial charge in [0.05, 0.1) is 5.69 Å². The molecule has 2 aliphatic heterocycles. The molecule has 1 aromatic rings. The van der Waals surface area contributed by atoms with Gasteiger partial charge in [0, 0.05) is 45.8 Å². The Morgan fingerprint density at radius 1 is 1.22 bits per heavy atom. The number of rotatable bonds is 6. The maximum Gasteiger partial charge on any atom is 0.272 e. The van der Waals surface area contributed by atoms with Crippen molar-refractivity contribution in [3.63, 3.8) is 0 Å². The SMILES string of the molecule is CCn1nc(CC(C)C)cc1C(=O)N1CCN(C[C@@H]2CCCN(C)C2)CC1. The zero-order valence-electron chi connectivity index (χ0n) is 17.7. The van der Waals surface area contributed by atoms with E-state index in [0.29, 0.717) is 5.92 Å². The van der Waals surface area contributed by atoms with Crippen LogP contribution in [0.1, 0.15) is 49.8 Å². The summed E-state index contributed by atoms with van der Waals surface area (Å²) in [4.78, 5) is 20.1. The van der Waals surface area contributed by atoms with Crippen molar-refractivity contribution >= 4 is 5.91 Å². The standard InChI is InChI=1S/C21H37N5O/c1-5-26-20(14-19(22-26)13-17(2)3)21(27)25-11-9-24(10-12-25)16-18-7-6-8-23(4)15-18/h14,17-18H,5-13,15-16H2,1-4H3/t18-/m1/s1. The van der Waals surface area contributed by atoms with Gasteiger partial charge in [-0.15, -0.1) is 0 Å². The van der Waals surface area contributed by atoms with E-state index in [0.717, 1.165) is 56.5 Å². The van der Waals surface area contributed by atoms with E-state index >= 15 is 0 Å². The average Bonchev–Trinajstić information content (AvgIpc) is 3.04. The predicted molar refractivity (Wildman–Crippen MR) is 109 cm³/mol. The number of piperidine rings is 1.